The molecule has 0 spiro atoms. The molecule has 0 saturated carbocycles. The van der Waals surface area contributed by atoms with Gasteiger partial charge in [-0.25, -0.2) is 4.98 Å². The van der Waals surface area contributed by atoms with Gasteiger partial charge in [0.1, 0.15) is 18.1 Å². The highest BCUT2D eigenvalue weighted by molar-refractivity contribution is 8.00. The zero-order valence-electron chi connectivity index (χ0n) is 28.3. The molecule has 8 heteroatoms. The summed E-state index contributed by atoms with van der Waals surface area (Å²) in [5.74, 6) is 0.673. The number of ether oxygens (including phenoxy) is 2. The minimum Gasteiger partial charge on any atom is -0.497 e. The van der Waals surface area contributed by atoms with Gasteiger partial charge in [-0.2, -0.15) is 0 Å². The number of carboxylic acid groups (broad SMARTS) is 1. The molecule has 246 valence electrons. The van der Waals surface area contributed by atoms with Gasteiger partial charge in [0.05, 0.1) is 29.4 Å². The van der Waals surface area contributed by atoms with E-state index >= 15 is 0 Å². The minimum absolute atomic E-state index is 0.113. The summed E-state index contributed by atoms with van der Waals surface area (Å²) in [6, 6.07) is 30.4. The maximum absolute atomic E-state index is 12.4. The Balaban J connectivity index is 1.39. The van der Waals surface area contributed by atoms with Crippen LogP contribution in [0, 0.1) is 5.41 Å². The predicted molar refractivity (Wildman–Crippen MR) is 194 cm³/mol. The Hall–Kier alpha value is -4.82. The van der Waals surface area contributed by atoms with Crippen LogP contribution >= 0.6 is 11.8 Å². The van der Waals surface area contributed by atoms with Crippen molar-refractivity contribution in [2.45, 2.75) is 63.8 Å². The van der Waals surface area contributed by atoms with Gasteiger partial charge in [-0.05, 0) is 55.8 Å². The molecule has 3 aromatic carbocycles. The van der Waals surface area contributed by atoms with Crippen LogP contribution in [0.15, 0.2) is 102 Å². The third-order valence-corrected chi connectivity index (χ3v) is 9.56. The Morgan fingerprint density at radius 1 is 0.896 bits per heavy atom. The number of rotatable bonds is 11. The lowest BCUT2D eigenvalue weighted by molar-refractivity contribution is -0.146. The Morgan fingerprint density at radius 2 is 1.67 bits per heavy atom. The van der Waals surface area contributed by atoms with Gasteiger partial charge < -0.3 is 19.1 Å². The van der Waals surface area contributed by atoms with Crippen LogP contribution in [-0.4, -0.2) is 37.5 Å². The fourth-order valence-corrected chi connectivity index (χ4v) is 6.91. The smallest absolute Gasteiger partial charge is 0.309 e. The average molecular weight is 660 g/mol. The van der Waals surface area contributed by atoms with Crippen LogP contribution in [0.25, 0.3) is 33.1 Å². The second kappa shape index (κ2) is 13.4. The van der Waals surface area contributed by atoms with Gasteiger partial charge in [0, 0.05) is 62.4 Å². The van der Waals surface area contributed by atoms with Crippen molar-refractivity contribution in [2.24, 2.45) is 5.41 Å². The number of nitrogens with zero attached hydrogens (tertiary/aromatic N) is 3. The second-order valence-corrected chi connectivity index (χ2v) is 15.5. The number of fused-ring (bicyclic) bond motifs is 2. The number of carboxylic acids is 1. The van der Waals surface area contributed by atoms with Crippen LogP contribution in [0.2, 0.25) is 0 Å². The first-order chi connectivity index (χ1) is 22.9. The molecule has 0 atom stereocenters. The molecule has 6 rings (SSSR count). The molecule has 0 aliphatic carbocycles. The molecular weight excluding hydrogens is 619 g/mol. The van der Waals surface area contributed by atoms with E-state index in [9.17, 15) is 9.90 Å². The van der Waals surface area contributed by atoms with Gasteiger partial charge in [-0.3, -0.25) is 9.78 Å². The number of hydrogen-bond acceptors (Lipinski definition) is 6. The maximum atomic E-state index is 12.4. The summed E-state index contributed by atoms with van der Waals surface area (Å²) in [5, 5.41) is 12.3. The first-order valence-corrected chi connectivity index (χ1v) is 16.9. The summed E-state index contributed by atoms with van der Waals surface area (Å²) in [6.45, 7) is 11.1. The number of methoxy groups -OCH3 is 1. The highest BCUT2D eigenvalue weighted by Crippen LogP contribution is 2.44. The number of aliphatic carboxylic acids is 1. The zero-order valence-corrected chi connectivity index (χ0v) is 29.1. The molecule has 0 radical (unpaired) electrons. The standard InChI is InChI=1S/C40H41N3O4S/c1-39(2,3)48-37-32-21-31(47-25-29-16-15-27-9-7-8-10-33(27)42-29)17-18-35(32)43(36(37)23-40(4,5)38(44)45)24-26-11-13-28(14-12-26)34-22-30(46-6)19-20-41-34/h7-22H,23-25H2,1-6H3,(H,44,45). The van der Waals surface area contributed by atoms with Crippen molar-refractivity contribution in [2.75, 3.05) is 7.11 Å². The SMILES string of the molecule is COc1ccnc(-c2ccc(Cn3c(CC(C)(C)C(=O)O)c(SC(C)(C)C)c4cc(OCc5ccc6ccccc6n5)ccc43)cc2)c1. The molecule has 0 saturated heterocycles. The van der Waals surface area contributed by atoms with Gasteiger partial charge in [-0.1, -0.05) is 69.3 Å². The number of para-hydroxylation sites is 1. The summed E-state index contributed by atoms with van der Waals surface area (Å²) in [4.78, 5) is 22.8. The van der Waals surface area contributed by atoms with Crippen LogP contribution in [0.3, 0.4) is 0 Å². The lowest BCUT2D eigenvalue weighted by Gasteiger charge is -2.24. The van der Waals surface area contributed by atoms with Crippen LogP contribution in [0.1, 0.15) is 51.6 Å². The monoisotopic (exact) mass is 659 g/mol. The van der Waals surface area contributed by atoms with E-state index in [0.29, 0.717) is 19.6 Å². The highest BCUT2D eigenvalue weighted by atomic mass is 32.2. The number of thioether (sulfide) groups is 1. The molecule has 0 fully saturated rings. The molecule has 1 N–H and O–H groups in total. The van der Waals surface area contributed by atoms with Crippen LogP contribution in [0.4, 0.5) is 0 Å². The summed E-state index contributed by atoms with van der Waals surface area (Å²) in [7, 11) is 1.65. The van der Waals surface area contributed by atoms with E-state index in [0.717, 1.165) is 66.4 Å². The Morgan fingerprint density at radius 3 is 2.40 bits per heavy atom. The van der Waals surface area contributed by atoms with Gasteiger partial charge in [0.15, 0.2) is 0 Å². The van der Waals surface area contributed by atoms with Gasteiger partial charge >= 0.3 is 5.97 Å². The molecule has 0 aliphatic rings. The number of carbonyl (C=O) groups is 1. The van der Waals surface area contributed by atoms with E-state index in [4.69, 9.17) is 14.5 Å². The summed E-state index contributed by atoms with van der Waals surface area (Å²) >= 11 is 1.77. The number of pyridine rings is 2. The first-order valence-electron chi connectivity index (χ1n) is 16.0. The lowest BCUT2D eigenvalue weighted by atomic mass is 9.88. The van der Waals surface area contributed by atoms with Crippen molar-refractivity contribution in [3.05, 3.63) is 114 Å². The molecule has 7 nitrogen and oxygen atoms in total. The molecule has 6 aromatic rings. The third-order valence-electron chi connectivity index (χ3n) is 8.29. The summed E-state index contributed by atoms with van der Waals surface area (Å²) < 4.78 is 13.9. The topological polar surface area (TPSA) is 86.5 Å². The molecule has 3 heterocycles. The molecule has 0 aliphatic heterocycles. The summed E-state index contributed by atoms with van der Waals surface area (Å²) in [5.41, 5.74) is 5.79. The van der Waals surface area contributed by atoms with Gasteiger partial charge in [0.2, 0.25) is 0 Å². The Kier molecular flexibility index (Phi) is 9.21. The summed E-state index contributed by atoms with van der Waals surface area (Å²) in [6.07, 6.45) is 2.12. The van der Waals surface area contributed by atoms with E-state index in [1.807, 2.05) is 42.5 Å². The molecule has 3 aromatic heterocycles. The number of hydrogen-bond donors (Lipinski definition) is 1. The normalized spacial score (nSPS) is 12.0. The highest BCUT2D eigenvalue weighted by Gasteiger charge is 2.33. The Bertz CT molecular complexity index is 2090. The minimum atomic E-state index is -0.970. The number of aromatic nitrogens is 3. The Labute approximate surface area is 286 Å². The quantitative estimate of drug-likeness (QED) is 0.139. The van der Waals surface area contributed by atoms with Crippen molar-refractivity contribution in [3.8, 4) is 22.8 Å². The van der Waals surface area contributed by atoms with Gasteiger partial charge in [0.25, 0.3) is 0 Å². The lowest BCUT2D eigenvalue weighted by Crippen LogP contribution is -2.28. The van der Waals surface area contributed by atoms with Gasteiger partial charge in [-0.15, -0.1) is 11.8 Å². The van der Waals surface area contributed by atoms with E-state index in [-0.39, 0.29) is 4.75 Å². The fraction of sp³-hybridized carbons (Fsp3) is 0.275. The molecule has 0 bridgehead atoms. The van der Waals surface area contributed by atoms with Crippen molar-refractivity contribution in [3.63, 3.8) is 0 Å². The van der Waals surface area contributed by atoms with E-state index in [1.54, 1.807) is 38.9 Å². The average Bonchev–Trinajstić information content (AvgIpc) is 3.32. The van der Waals surface area contributed by atoms with E-state index in [1.165, 1.54) is 0 Å². The largest absolute Gasteiger partial charge is 0.497 e. The molecular formula is C40H41N3O4S. The molecule has 0 amide bonds. The third kappa shape index (κ3) is 7.34. The van der Waals surface area contributed by atoms with Crippen molar-refractivity contribution in [1.29, 1.82) is 0 Å². The van der Waals surface area contributed by atoms with Crippen molar-refractivity contribution < 1.29 is 19.4 Å². The molecule has 0 unspecified atom stereocenters. The van der Waals surface area contributed by atoms with E-state index < -0.39 is 11.4 Å². The maximum Gasteiger partial charge on any atom is 0.309 e. The fourth-order valence-electron chi connectivity index (χ4n) is 5.72. The second-order valence-electron chi connectivity index (χ2n) is 13.7. The zero-order chi connectivity index (χ0) is 34.1. The van der Waals surface area contributed by atoms with Crippen LogP contribution in [-0.2, 0) is 24.4 Å². The van der Waals surface area contributed by atoms with E-state index in [2.05, 4.69) is 78.9 Å². The van der Waals surface area contributed by atoms with Crippen molar-refractivity contribution >= 4 is 39.5 Å². The van der Waals surface area contributed by atoms with Crippen LogP contribution < -0.4 is 9.47 Å². The predicted octanol–water partition coefficient (Wildman–Crippen LogP) is 9.43. The van der Waals surface area contributed by atoms with Crippen molar-refractivity contribution in [1.82, 2.24) is 14.5 Å². The first kappa shape index (κ1) is 33.1. The van der Waals surface area contributed by atoms with Crippen LogP contribution in [0.5, 0.6) is 11.5 Å². The number of benzene rings is 3. The molecule has 48 heavy (non-hydrogen) atoms.